The minimum Gasteiger partial charge on any atom is -0.497 e. The van der Waals surface area contributed by atoms with Crippen LogP contribution < -0.4 is 19.7 Å². The summed E-state index contributed by atoms with van der Waals surface area (Å²) >= 11 is 5.66. The molecular weight excluding hydrogens is 388 g/mol. The largest absolute Gasteiger partial charge is 0.497 e. The Hall–Kier alpha value is -3.06. The number of carbonyl (C=O) groups excluding carboxylic acids is 1. The first-order valence-electron chi connectivity index (χ1n) is 9.27. The van der Waals surface area contributed by atoms with Gasteiger partial charge in [0.25, 0.3) is 0 Å². The summed E-state index contributed by atoms with van der Waals surface area (Å²) < 4.78 is 16.1. The predicted octanol–water partition coefficient (Wildman–Crippen LogP) is 3.98. The van der Waals surface area contributed by atoms with Gasteiger partial charge in [-0.15, -0.1) is 0 Å². The van der Waals surface area contributed by atoms with Gasteiger partial charge in [0.05, 0.1) is 32.4 Å². The monoisotopic (exact) mass is 412 g/mol. The van der Waals surface area contributed by atoms with Crippen LogP contribution in [0.3, 0.4) is 0 Å². The molecular formula is C22H24N2O4S. The number of hydrogen-bond donors (Lipinski definition) is 1. The lowest BCUT2D eigenvalue weighted by atomic mass is 9.94. The summed E-state index contributed by atoms with van der Waals surface area (Å²) in [5.41, 5.74) is 2.82. The van der Waals surface area contributed by atoms with Crippen LogP contribution in [0.2, 0.25) is 0 Å². The molecule has 0 unspecified atom stereocenters. The number of nitrogens with zero attached hydrogens (tertiary/aromatic N) is 1. The number of anilines is 1. The summed E-state index contributed by atoms with van der Waals surface area (Å²) in [6.07, 6.45) is 0. The number of carbonyl (C=O) groups is 1. The first kappa shape index (κ1) is 20.7. The number of benzene rings is 2. The standard InChI is InChI=1S/C22H24N2O4S/c1-5-28-18-9-7-6-8-17(18)20-19(21(25)27-4)14(2)24(22(29)23-20)15-10-12-16(26-3)13-11-15/h6-13,20H,5H2,1-4H3,(H,23,29)/t20-/m1/s1. The lowest BCUT2D eigenvalue weighted by molar-refractivity contribution is -0.136. The fourth-order valence-corrected chi connectivity index (χ4v) is 3.76. The molecule has 0 aromatic heterocycles. The van der Waals surface area contributed by atoms with E-state index in [0.29, 0.717) is 28.7 Å². The van der Waals surface area contributed by atoms with Gasteiger partial charge in [-0.1, -0.05) is 18.2 Å². The number of nitrogens with one attached hydrogen (secondary N) is 1. The van der Waals surface area contributed by atoms with Crippen molar-refractivity contribution >= 4 is 29.0 Å². The quantitative estimate of drug-likeness (QED) is 0.569. The molecule has 2 aromatic rings. The number of rotatable bonds is 6. The molecule has 0 spiro atoms. The number of thiocarbonyl (C=S) groups is 1. The molecule has 0 amide bonds. The number of esters is 1. The van der Waals surface area contributed by atoms with Crippen LogP contribution in [0.4, 0.5) is 5.69 Å². The van der Waals surface area contributed by atoms with Crippen LogP contribution in [0.1, 0.15) is 25.5 Å². The lowest BCUT2D eigenvalue weighted by Gasteiger charge is -2.37. The molecule has 3 rings (SSSR count). The molecule has 1 atom stereocenters. The molecule has 0 fully saturated rings. The van der Waals surface area contributed by atoms with Crippen molar-refractivity contribution in [3.63, 3.8) is 0 Å². The average Bonchev–Trinajstić information content (AvgIpc) is 2.74. The maximum absolute atomic E-state index is 12.8. The molecule has 152 valence electrons. The minimum absolute atomic E-state index is 0.424. The topological polar surface area (TPSA) is 60.0 Å². The zero-order chi connectivity index (χ0) is 21.0. The second kappa shape index (κ2) is 8.96. The molecule has 0 saturated carbocycles. The highest BCUT2D eigenvalue weighted by Gasteiger charge is 2.36. The summed E-state index contributed by atoms with van der Waals surface area (Å²) in [5, 5.41) is 3.77. The molecule has 29 heavy (non-hydrogen) atoms. The van der Waals surface area contributed by atoms with E-state index in [0.717, 1.165) is 17.0 Å². The normalized spacial score (nSPS) is 16.3. The molecule has 1 aliphatic heterocycles. The number of allylic oxidation sites excluding steroid dienone is 1. The van der Waals surface area contributed by atoms with Gasteiger partial charge >= 0.3 is 5.97 Å². The molecule has 0 aliphatic carbocycles. The highest BCUT2D eigenvalue weighted by molar-refractivity contribution is 7.80. The maximum atomic E-state index is 12.8. The molecule has 2 aromatic carbocycles. The Bertz CT molecular complexity index is 940. The van der Waals surface area contributed by atoms with Crippen LogP contribution in [0.25, 0.3) is 0 Å². The van der Waals surface area contributed by atoms with Gasteiger partial charge in [0.2, 0.25) is 0 Å². The third kappa shape index (κ3) is 4.05. The van der Waals surface area contributed by atoms with Gasteiger partial charge in [0.15, 0.2) is 5.11 Å². The number of para-hydroxylation sites is 1. The molecule has 6 nitrogen and oxygen atoms in total. The zero-order valence-corrected chi connectivity index (χ0v) is 17.7. The molecule has 1 heterocycles. The Morgan fingerprint density at radius 2 is 1.83 bits per heavy atom. The average molecular weight is 413 g/mol. The van der Waals surface area contributed by atoms with Gasteiger partial charge in [-0.25, -0.2) is 4.79 Å². The Morgan fingerprint density at radius 3 is 2.45 bits per heavy atom. The smallest absolute Gasteiger partial charge is 0.337 e. The van der Waals surface area contributed by atoms with Crippen LogP contribution in [0.15, 0.2) is 59.8 Å². The molecule has 0 bridgehead atoms. The fraction of sp³-hybridized carbons (Fsp3) is 0.273. The summed E-state index contributed by atoms with van der Waals surface area (Å²) in [6.45, 7) is 4.30. The van der Waals surface area contributed by atoms with Gasteiger partial charge in [-0.2, -0.15) is 0 Å². The van der Waals surface area contributed by atoms with Crippen LogP contribution in [0, 0.1) is 0 Å². The maximum Gasteiger partial charge on any atom is 0.337 e. The minimum atomic E-state index is -0.479. The Labute approximate surface area is 176 Å². The highest BCUT2D eigenvalue weighted by Crippen LogP contribution is 2.37. The van der Waals surface area contributed by atoms with E-state index in [4.69, 9.17) is 26.4 Å². The summed E-state index contributed by atoms with van der Waals surface area (Å²) in [4.78, 5) is 14.6. The first-order valence-corrected chi connectivity index (χ1v) is 9.68. The van der Waals surface area contributed by atoms with E-state index in [1.165, 1.54) is 7.11 Å². The van der Waals surface area contributed by atoms with E-state index in [-0.39, 0.29) is 0 Å². The molecule has 1 N–H and O–H groups in total. The van der Waals surface area contributed by atoms with E-state index < -0.39 is 12.0 Å². The van der Waals surface area contributed by atoms with Crippen molar-refractivity contribution in [1.29, 1.82) is 0 Å². The van der Waals surface area contributed by atoms with Crippen molar-refractivity contribution in [1.82, 2.24) is 5.32 Å². The number of hydrogen-bond acceptors (Lipinski definition) is 5. The SMILES string of the molecule is CCOc1ccccc1[C@H]1NC(=S)N(c2ccc(OC)cc2)C(C)=C1C(=O)OC. The lowest BCUT2D eigenvalue weighted by Crippen LogP contribution is -2.48. The fourth-order valence-electron chi connectivity index (χ4n) is 3.40. The number of ether oxygens (including phenoxy) is 3. The molecule has 7 heteroatoms. The van der Waals surface area contributed by atoms with E-state index in [1.807, 2.05) is 67.3 Å². The second-order valence-electron chi connectivity index (χ2n) is 6.38. The summed E-state index contributed by atoms with van der Waals surface area (Å²) in [5.74, 6) is 1.01. The van der Waals surface area contributed by atoms with Crippen LogP contribution in [0.5, 0.6) is 11.5 Å². The Balaban J connectivity index is 2.12. The van der Waals surface area contributed by atoms with Crippen molar-refractivity contribution < 1.29 is 19.0 Å². The third-order valence-electron chi connectivity index (χ3n) is 4.75. The van der Waals surface area contributed by atoms with Crippen LogP contribution >= 0.6 is 12.2 Å². The first-order chi connectivity index (χ1) is 14.0. The van der Waals surface area contributed by atoms with Crippen LogP contribution in [-0.2, 0) is 9.53 Å². The molecule has 1 aliphatic rings. The zero-order valence-electron chi connectivity index (χ0n) is 16.9. The van der Waals surface area contributed by atoms with Crippen molar-refractivity contribution in [3.05, 3.63) is 65.4 Å². The van der Waals surface area contributed by atoms with E-state index in [1.54, 1.807) is 7.11 Å². The van der Waals surface area contributed by atoms with Gasteiger partial charge in [-0.05, 0) is 56.4 Å². The third-order valence-corrected chi connectivity index (χ3v) is 5.05. The highest BCUT2D eigenvalue weighted by atomic mass is 32.1. The van der Waals surface area contributed by atoms with Crippen molar-refractivity contribution in [2.45, 2.75) is 19.9 Å². The summed E-state index contributed by atoms with van der Waals surface area (Å²) in [6, 6.07) is 14.6. The summed E-state index contributed by atoms with van der Waals surface area (Å²) in [7, 11) is 2.99. The Kier molecular flexibility index (Phi) is 6.39. The molecule has 0 saturated heterocycles. The predicted molar refractivity (Wildman–Crippen MR) is 116 cm³/mol. The van der Waals surface area contributed by atoms with Crippen molar-refractivity contribution in [2.24, 2.45) is 0 Å². The van der Waals surface area contributed by atoms with Gasteiger partial charge < -0.3 is 19.5 Å². The van der Waals surface area contributed by atoms with Gasteiger partial charge in [0.1, 0.15) is 11.5 Å². The van der Waals surface area contributed by atoms with E-state index in [2.05, 4.69) is 5.32 Å². The number of methoxy groups -OCH3 is 2. The van der Waals surface area contributed by atoms with Crippen molar-refractivity contribution in [2.75, 3.05) is 25.7 Å². The second-order valence-corrected chi connectivity index (χ2v) is 6.76. The van der Waals surface area contributed by atoms with Crippen LogP contribution in [-0.4, -0.2) is 31.9 Å². The molecule has 0 radical (unpaired) electrons. The Morgan fingerprint density at radius 1 is 1.14 bits per heavy atom. The van der Waals surface area contributed by atoms with Crippen molar-refractivity contribution in [3.8, 4) is 11.5 Å². The van der Waals surface area contributed by atoms with Gasteiger partial charge in [-0.3, -0.25) is 4.90 Å². The van der Waals surface area contributed by atoms with E-state index in [9.17, 15) is 4.79 Å². The van der Waals surface area contributed by atoms with Gasteiger partial charge in [0, 0.05) is 16.9 Å². The van der Waals surface area contributed by atoms with E-state index >= 15 is 0 Å².